The number of hydrogen-bond acceptors (Lipinski definition) is 0. The van der Waals surface area contributed by atoms with E-state index in [0.717, 1.165) is 13.0 Å². The van der Waals surface area contributed by atoms with E-state index < -0.39 is 14.5 Å². The Morgan fingerprint density at radius 1 is 0.710 bits per heavy atom. The Kier molecular flexibility index (Phi) is 10.2. The molecule has 0 aliphatic heterocycles. The third kappa shape index (κ3) is 12.4. The third-order valence-electron chi connectivity index (χ3n) is 3.61. The van der Waals surface area contributed by atoms with Gasteiger partial charge in [-0.15, -0.1) is 0 Å². The van der Waals surface area contributed by atoms with Crippen molar-refractivity contribution in [1.82, 2.24) is 0 Å². The van der Waals surface area contributed by atoms with Crippen LogP contribution in [-0.2, 0) is 6.54 Å². The zero-order chi connectivity index (χ0) is 23.5. The highest BCUT2D eigenvalue weighted by molar-refractivity contribution is 6.50. The van der Waals surface area contributed by atoms with E-state index in [-0.39, 0.29) is 0 Å². The van der Waals surface area contributed by atoms with Crippen LogP contribution in [0.3, 0.4) is 0 Å². The molecule has 0 atom stereocenters. The Morgan fingerprint density at radius 3 is 1.68 bits per heavy atom. The topological polar surface area (TPSA) is 18.0 Å². The smallest absolute Gasteiger partial charge is 0.418 e. The second-order valence-electron chi connectivity index (χ2n) is 6.15. The van der Waals surface area contributed by atoms with Gasteiger partial charge < -0.3 is 34.5 Å². The lowest BCUT2D eigenvalue weighted by Gasteiger charge is -2.08. The van der Waals surface area contributed by atoms with Gasteiger partial charge in [-0.05, 0) is 11.1 Å². The Hall–Kier alpha value is -2.91. The molecule has 0 aliphatic carbocycles. The van der Waals surface area contributed by atoms with Crippen molar-refractivity contribution in [1.29, 1.82) is 0 Å². The molecule has 0 radical (unpaired) electrons. The molecule has 3 aromatic rings. The number of nitrogens with one attached hydrogen (secondary N) is 1. The average Bonchev–Trinajstić information content (AvgIpc) is 2.67. The lowest BCUT2D eigenvalue weighted by atomic mass is 9.97. The van der Waals surface area contributed by atoms with E-state index in [9.17, 15) is 34.5 Å². The number of rotatable bonds is 4. The summed E-state index contributed by atoms with van der Waals surface area (Å²) < 4.78 is 80.3. The fraction of sp³-hybridized carbons (Fsp3) is 0.158. The average molecular weight is 450 g/mol. The number of H-pyrrole nitrogens is 1. The second kappa shape index (κ2) is 12.1. The fourth-order valence-electron chi connectivity index (χ4n) is 2.60. The van der Waals surface area contributed by atoms with Gasteiger partial charge in [0.25, 0.3) is 0 Å². The molecule has 3 rings (SSSR count). The molecule has 2 nitrogen and oxygen atoms in total. The van der Waals surface area contributed by atoms with Gasteiger partial charge in [0.2, 0.25) is 0 Å². The van der Waals surface area contributed by atoms with Gasteiger partial charge in [0, 0.05) is 30.2 Å². The maximum atomic E-state index is 9.75. The molecule has 2 heterocycles. The first-order valence-corrected chi connectivity index (χ1v) is 9.18. The van der Waals surface area contributed by atoms with Gasteiger partial charge in [0.15, 0.2) is 24.8 Å². The van der Waals surface area contributed by atoms with Crippen LogP contribution in [0.5, 0.6) is 0 Å². The molecule has 1 N–H and O–H groups in total. The summed E-state index contributed by atoms with van der Waals surface area (Å²) in [5.41, 5.74) is 5.03. The van der Waals surface area contributed by atoms with Crippen LogP contribution < -0.4 is 9.55 Å². The van der Waals surface area contributed by atoms with Crippen molar-refractivity contribution in [2.45, 2.75) is 19.9 Å². The van der Waals surface area contributed by atoms with Crippen molar-refractivity contribution in [3.8, 4) is 22.3 Å². The summed E-state index contributed by atoms with van der Waals surface area (Å²) in [5.74, 6) is 0. The van der Waals surface area contributed by atoms with Crippen LogP contribution in [0.15, 0.2) is 73.3 Å². The van der Waals surface area contributed by atoms with Crippen LogP contribution in [0.25, 0.3) is 22.3 Å². The molecule has 0 fully saturated rings. The summed E-state index contributed by atoms with van der Waals surface area (Å²) in [4.78, 5) is 3.09. The summed E-state index contributed by atoms with van der Waals surface area (Å²) in [7, 11) is -12.0. The second-order valence-corrected chi connectivity index (χ2v) is 6.15. The van der Waals surface area contributed by atoms with Crippen molar-refractivity contribution >= 4 is 14.5 Å². The summed E-state index contributed by atoms with van der Waals surface area (Å²) in [6, 6.07) is 17.0. The molecule has 12 heteroatoms. The minimum absolute atomic E-state index is 1.04. The molecule has 168 valence electrons. The first-order valence-electron chi connectivity index (χ1n) is 9.18. The number of aromatic amines is 1. The molecule has 0 aliphatic rings. The van der Waals surface area contributed by atoms with Gasteiger partial charge >= 0.3 is 14.5 Å². The largest absolute Gasteiger partial charge is 0.673 e. The van der Waals surface area contributed by atoms with Crippen LogP contribution in [0.1, 0.15) is 13.3 Å². The summed E-state index contributed by atoms with van der Waals surface area (Å²) >= 11 is 0. The zero-order valence-electron chi connectivity index (χ0n) is 16.5. The number of nitrogens with zero attached hydrogens (tertiary/aromatic N) is 1. The summed E-state index contributed by atoms with van der Waals surface area (Å²) in [6.07, 6.45) is 9.50. The van der Waals surface area contributed by atoms with E-state index in [1.807, 2.05) is 12.4 Å². The van der Waals surface area contributed by atoms with Crippen molar-refractivity contribution < 1.29 is 44.1 Å². The molecular formula is C19H20B2F8N2. The SMILES string of the molecule is CCC[n+]1ccc(-c2cc[nH+]cc2)c(-c2ccccc2)c1.F[B-](F)(F)F.F[B-](F)(F)F. The normalized spacial score (nSPS) is 11.0. The molecule has 2 aromatic heterocycles. The molecule has 0 amide bonds. The number of aryl methyl sites for hydroxylation is 1. The van der Waals surface area contributed by atoms with Crippen LogP contribution in [0.2, 0.25) is 0 Å². The van der Waals surface area contributed by atoms with E-state index in [4.69, 9.17) is 0 Å². The predicted molar refractivity (Wildman–Crippen MR) is 105 cm³/mol. The molecule has 0 saturated heterocycles. The van der Waals surface area contributed by atoms with E-state index in [1.54, 1.807) is 0 Å². The molecule has 1 aromatic carbocycles. The van der Waals surface area contributed by atoms with Crippen LogP contribution >= 0.6 is 0 Å². The van der Waals surface area contributed by atoms with Gasteiger partial charge in [-0.2, -0.15) is 0 Å². The van der Waals surface area contributed by atoms with Crippen molar-refractivity contribution in [3.63, 3.8) is 0 Å². The monoisotopic (exact) mass is 450 g/mol. The van der Waals surface area contributed by atoms with E-state index in [2.05, 4.69) is 77.4 Å². The quantitative estimate of drug-likeness (QED) is 0.259. The molecule has 0 saturated carbocycles. The van der Waals surface area contributed by atoms with Gasteiger partial charge in [-0.1, -0.05) is 37.3 Å². The first-order chi connectivity index (χ1) is 14.4. The van der Waals surface area contributed by atoms with Crippen molar-refractivity contribution in [3.05, 3.63) is 73.3 Å². The molecular weight excluding hydrogens is 430 g/mol. The number of benzene rings is 1. The minimum atomic E-state index is -6.00. The lowest BCUT2D eigenvalue weighted by molar-refractivity contribution is -0.696. The summed E-state index contributed by atoms with van der Waals surface area (Å²) in [6.45, 7) is 3.25. The van der Waals surface area contributed by atoms with Crippen LogP contribution in [-0.4, -0.2) is 14.5 Å². The molecule has 0 spiro atoms. The third-order valence-corrected chi connectivity index (χ3v) is 3.61. The highest BCUT2D eigenvalue weighted by Crippen LogP contribution is 2.30. The highest BCUT2D eigenvalue weighted by Gasteiger charge is 2.21. The van der Waals surface area contributed by atoms with E-state index in [0.29, 0.717) is 0 Å². The number of aromatic nitrogens is 2. The highest BCUT2D eigenvalue weighted by atomic mass is 19.5. The van der Waals surface area contributed by atoms with Gasteiger partial charge in [-0.3, -0.25) is 0 Å². The number of pyridine rings is 2. The number of halogens is 8. The standard InChI is InChI=1S/C19H19N2.2BF4/c1-2-13-21-14-10-18(17-8-11-20-12-9-17)19(15-21)16-6-4-3-5-7-16;2*2-1(3,4)5/h3-12,14-15H,2,13H2,1H3;;/q+1;2*-1/p+1. The Morgan fingerprint density at radius 2 is 1.19 bits per heavy atom. The van der Waals surface area contributed by atoms with Gasteiger partial charge in [0.1, 0.15) is 6.54 Å². The van der Waals surface area contributed by atoms with Crippen molar-refractivity contribution in [2.24, 2.45) is 0 Å². The Balaban J connectivity index is 0.000000404. The Bertz CT molecular complexity index is 880. The minimum Gasteiger partial charge on any atom is -0.418 e. The van der Waals surface area contributed by atoms with E-state index >= 15 is 0 Å². The molecule has 31 heavy (non-hydrogen) atoms. The van der Waals surface area contributed by atoms with Crippen molar-refractivity contribution in [2.75, 3.05) is 0 Å². The number of hydrogen-bond donors (Lipinski definition) is 0. The lowest BCUT2D eigenvalue weighted by Crippen LogP contribution is -2.32. The zero-order valence-corrected chi connectivity index (χ0v) is 16.5. The Labute approximate surface area is 174 Å². The molecule has 0 bridgehead atoms. The van der Waals surface area contributed by atoms with Crippen LogP contribution in [0, 0.1) is 0 Å². The summed E-state index contributed by atoms with van der Waals surface area (Å²) in [5, 5.41) is 0. The van der Waals surface area contributed by atoms with Gasteiger partial charge in [0.05, 0.1) is 5.56 Å². The first kappa shape index (κ1) is 26.1. The van der Waals surface area contributed by atoms with Crippen LogP contribution in [0.4, 0.5) is 34.5 Å². The molecule has 0 unspecified atom stereocenters. The maximum absolute atomic E-state index is 9.75. The maximum Gasteiger partial charge on any atom is 0.673 e. The predicted octanol–water partition coefficient (Wildman–Crippen LogP) is 6.13. The fourth-order valence-corrected chi connectivity index (χ4v) is 2.60. The van der Waals surface area contributed by atoms with E-state index in [1.165, 1.54) is 22.3 Å². The van der Waals surface area contributed by atoms with Gasteiger partial charge in [-0.25, -0.2) is 9.55 Å².